The third-order valence-electron chi connectivity index (χ3n) is 3.19. The molecular weight excluding hydrogens is 252 g/mol. The van der Waals surface area contributed by atoms with Crippen LogP contribution < -0.4 is 5.32 Å². The third kappa shape index (κ3) is 3.17. The van der Waals surface area contributed by atoms with Gasteiger partial charge < -0.3 is 14.8 Å². The molecule has 20 heavy (non-hydrogen) atoms. The van der Waals surface area contributed by atoms with Gasteiger partial charge in [-0.2, -0.15) is 0 Å². The Balaban J connectivity index is 2.22. The molecule has 2 heterocycles. The van der Waals surface area contributed by atoms with Gasteiger partial charge in [-0.1, -0.05) is 6.92 Å². The third-order valence-corrected chi connectivity index (χ3v) is 3.19. The van der Waals surface area contributed by atoms with Crippen LogP contribution in [0.4, 0.5) is 0 Å². The minimum absolute atomic E-state index is 0.0281. The largest absolute Gasteiger partial charge is 0.351 e. The predicted molar refractivity (Wildman–Crippen MR) is 80.9 cm³/mol. The van der Waals surface area contributed by atoms with Gasteiger partial charge in [-0.05, 0) is 32.6 Å². The fourth-order valence-corrected chi connectivity index (χ4v) is 2.20. The highest BCUT2D eigenvalue weighted by Gasteiger charge is 2.14. The van der Waals surface area contributed by atoms with Crippen LogP contribution in [0.15, 0.2) is 24.5 Å². The molecule has 0 aliphatic heterocycles. The second-order valence-corrected chi connectivity index (χ2v) is 5.17. The summed E-state index contributed by atoms with van der Waals surface area (Å²) in [5.41, 5.74) is 1.59. The molecule has 0 fully saturated rings. The van der Waals surface area contributed by atoms with E-state index in [9.17, 15) is 4.79 Å². The molecule has 5 nitrogen and oxygen atoms in total. The molecular formula is C15H22N4O. The average molecular weight is 274 g/mol. The number of carbonyl (C=O) groups is 1. The predicted octanol–water partition coefficient (Wildman–Crippen LogP) is 1.74. The van der Waals surface area contributed by atoms with Gasteiger partial charge in [-0.15, -0.1) is 0 Å². The minimum atomic E-state index is -0.0281. The lowest BCUT2D eigenvalue weighted by atomic mass is 10.2. The maximum Gasteiger partial charge on any atom is 0.253 e. The maximum atomic E-state index is 12.3. The van der Waals surface area contributed by atoms with E-state index in [0.717, 1.165) is 30.5 Å². The Morgan fingerprint density at radius 1 is 1.45 bits per heavy atom. The van der Waals surface area contributed by atoms with E-state index < -0.39 is 0 Å². The lowest BCUT2D eigenvalue weighted by Gasteiger charge is -2.09. The molecule has 0 radical (unpaired) electrons. The van der Waals surface area contributed by atoms with Crippen molar-refractivity contribution in [3.63, 3.8) is 0 Å². The standard InChI is InChI=1S/C15H22N4O/c1-4-9-19-11-13(12-6-5-7-16-14(12)19)15(20)17-8-10-18(2)3/h5-7,11H,4,8-10H2,1-3H3,(H,17,20). The molecule has 0 unspecified atom stereocenters. The Morgan fingerprint density at radius 2 is 2.25 bits per heavy atom. The molecule has 2 rings (SSSR count). The SMILES string of the molecule is CCCn1cc(C(=O)NCCN(C)C)c2cccnc21. The Labute approximate surface area is 119 Å². The number of hydrogen-bond acceptors (Lipinski definition) is 3. The number of likely N-dealkylation sites (N-methyl/N-ethyl adjacent to an activating group) is 1. The summed E-state index contributed by atoms with van der Waals surface area (Å²) in [4.78, 5) is 18.7. The first-order valence-corrected chi connectivity index (χ1v) is 7.00. The fourth-order valence-electron chi connectivity index (χ4n) is 2.20. The van der Waals surface area contributed by atoms with Gasteiger partial charge in [0.2, 0.25) is 0 Å². The average Bonchev–Trinajstić information content (AvgIpc) is 2.78. The highest BCUT2D eigenvalue weighted by atomic mass is 16.1. The van der Waals surface area contributed by atoms with Crippen molar-refractivity contribution in [2.45, 2.75) is 19.9 Å². The lowest BCUT2D eigenvalue weighted by Crippen LogP contribution is -2.31. The monoisotopic (exact) mass is 274 g/mol. The van der Waals surface area contributed by atoms with E-state index in [0.29, 0.717) is 12.1 Å². The van der Waals surface area contributed by atoms with Crippen molar-refractivity contribution in [2.75, 3.05) is 27.2 Å². The molecule has 108 valence electrons. The zero-order chi connectivity index (χ0) is 14.5. The van der Waals surface area contributed by atoms with Crippen LogP contribution in [0.3, 0.4) is 0 Å². The van der Waals surface area contributed by atoms with Crippen LogP contribution in [0.5, 0.6) is 0 Å². The molecule has 2 aromatic heterocycles. The highest BCUT2D eigenvalue weighted by Crippen LogP contribution is 2.19. The van der Waals surface area contributed by atoms with Crippen LogP contribution in [0.1, 0.15) is 23.7 Å². The van der Waals surface area contributed by atoms with Gasteiger partial charge in [-0.25, -0.2) is 4.98 Å². The molecule has 0 aliphatic carbocycles. The van der Waals surface area contributed by atoms with E-state index in [-0.39, 0.29) is 5.91 Å². The van der Waals surface area contributed by atoms with Gasteiger partial charge >= 0.3 is 0 Å². The molecule has 5 heteroatoms. The van der Waals surface area contributed by atoms with Gasteiger partial charge in [0.1, 0.15) is 5.65 Å². The summed E-state index contributed by atoms with van der Waals surface area (Å²) in [7, 11) is 3.98. The summed E-state index contributed by atoms with van der Waals surface area (Å²) in [5, 5.41) is 3.88. The molecule has 0 spiro atoms. The number of aromatic nitrogens is 2. The number of carbonyl (C=O) groups excluding carboxylic acids is 1. The van der Waals surface area contributed by atoms with Crippen molar-refractivity contribution in [1.29, 1.82) is 0 Å². The van der Waals surface area contributed by atoms with Crippen LogP contribution in [-0.4, -0.2) is 47.5 Å². The molecule has 1 N–H and O–H groups in total. The van der Waals surface area contributed by atoms with E-state index >= 15 is 0 Å². The molecule has 0 saturated heterocycles. The van der Waals surface area contributed by atoms with E-state index in [4.69, 9.17) is 0 Å². The number of nitrogens with one attached hydrogen (secondary N) is 1. The van der Waals surface area contributed by atoms with Crippen LogP contribution >= 0.6 is 0 Å². The van der Waals surface area contributed by atoms with E-state index in [1.165, 1.54) is 0 Å². The van der Waals surface area contributed by atoms with Crippen LogP contribution in [0, 0.1) is 0 Å². The van der Waals surface area contributed by atoms with Gasteiger partial charge in [0.15, 0.2) is 0 Å². The van der Waals surface area contributed by atoms with Crippen molar-refractivity contribution < 1.29 is 4.79 Å². The molecule has 0 bridgehead atoms. The Morgan fingerprint density at radius 3 is 2.95 bits per heavy atom. The summed E-state index contributed by atoms with van der Waals surface area (Å²) in [6.45, 7) is 4.47. The van der Waals surface area contributed by atoms with Crippen molar-refractivity contribution in [3.8, 4) is 0 Å². The number of fused-ring (bicyclic) bond motifs is 1. The number of nitrogens with zero attached hydrogens (tertiary/aromatic N) is 3. The normalized spacial score (nSPS) is 11.2. The summed E-state index contributed by atoms with van der Waals surface area (Å²) in [5.74, 6) is -0.0281. The van der Waals surface area contributed by atoms with E-state index in [1.807, 2.05) is 37.3 Å². The molecule has 0 saturated carbocycles. The quantitative estimate of drug-likeness (QED) is 0.873. The first kappa shape index (κ1) is 14.5. The summed E-state index contributed by atoms with van der Waals surface area (Å²) in [6.07, 6.45) is 4.69. The van der Waals surface area contributed by atoms with Crippen LogP contribution in [0.2, 0.25) is 0 Å². The molecule has 1 amide bonds. The molecule has 0 aromatic carbocycles. The second kappa shape index (κ2) is 6.52. The zero-order valence-corrected chi connectivity index (χ0v) is 12.4. The van der Waals surface area contributed by atoms with Gasteiger partial charge in [-0.3, -0.25) is 4.79 Å². The maximum absolute atomic E-state index is 12.3. The summed E-state index contributed by atoms with van der Waals surface area (Å²) >= 11 is 0. The summed E-state index contributed by atoms with van der Waals surface area (Å²) < 4.78 is 2.05. The topological polar surface area (TPSA) is 50.2 Å². The number of hydrogen-bond donors (Lipinski definition) is 1. The Hall–Kier alpha value is -1.88. The number of pyridine rings is 1. The van der Waals surface area contributed by atoms with Crippen molar-refractivity contribution >= 4 is 16.9 Å². The smallest absolute Gasteiger partial charge is 0.253 e. The Kier molecular flexibility index (Phi) is 4.74. The van der Waals surface area contributed by atoms with Crippen molar-refractivity contribution in [2.24, 2.45) is 0 Å². The van der Waals surface area contributed by atoms with E-state index in [1.54, 1.807) is 6.20 Å². The van der Waals surface area contributed by atoms with E-state index in [2.05, 4.69) is 21.8 Å². The molecule has 0 atom stereocenters. The number of rotatable bonds is 6. The molecule has 2 aromatic rings. The number of aryl methyl sites for hydroxylation is 1. The summed E-state index contributed by atoms with van der Waals surface area (Å²) in [6, 6.07) is 3.82. The first-order valence-electron chi connectivity index (χ1n) is 7.00. The van der Waals surface area contributed by atoms with Gasteiger partial charge in [0.25, 0.3) is 5.91 Å². The zero-order valence-electron chi connectivity index (χ0n) is 12.4. The van der Waals surface area contributed by atoms with Gasteiger partial charge in [0.05, 0.1) is 5.56 Å². The van der Waals surface area contributed by atoms with Crippen molar-refractivity contribution in [3.05, 3.63) is 30.1 Å². The second-order valence-electron chi connectivity index (χ2n) is 5.17. The minimum Gasteiger partial charge on any atom is -0.351 e. The van der Waals surface area contributed by atoms with Gasteiger partial charge in [0, 0.05) is 37.4 Å². The first-order chi connectivity index (χ1) is 9.63. The Bertz CT molecular complexity index is 589. The van der Waals surface area contributed by atoms with Crippen molar-refractivity contribution in [1.82, 2.24) is 19.8 Å². The fraction of sp³-hybridized carbons (Fsp3) is 0.467. The number of amides is 1. The van der Waals surface area contributed by atoms with Crippen LogP contribution in [-0.2, 0) is 6.54 Å². The lowest BCUT2D eigenvalue weighted by molar-refractivity contribution is 0.0952. The molecule has 0 aliphatic rings. The van der Waals surface area contributed by atoms with Crippen LogP contribution in [0.25, 0.3) is 11.0 Å². The highest BCUT2D eigenvalue weighted by molar-refractivity contribution is 6.06.